The zero-order chi connectivity index (χ0) is 22.3. The lowest BCUT2D eigenvalue weighted by molar-refractivity contribution is -0.116. The fourth-order valence-electron chi connectivity index (χ4n) is 2.84. The summed E-state index contributed by atoms with van der Waals surface area (Å²) in [4.78, 5) is 25.3. The van der Waals surface area contributed by atoms with E-state index in [1.165, 1.54) is 20.1 Å². The molecule has 0 unspecified atom stereocenters. The molecule has 0 spiro atoms. The van der Waals surface area contributed by atoms with E-state index in [0.29, 0.717) is 5.75 Å². The first-order chi connectivity index (χ1) is 14.2. The van der Waals surface area contributed by atoms with Crippen molar-refractivity contribution < 1.29 is 22.7 Å². The normalized spacial score (nSPS) is 11.8. The molecule has 2 amide bonds. The third kappa shape index (κ3) is 5.60. The number of sulfonamides is 1. The first kappa shape index (κ1) is 23.0. The Morgan fingerprint density at radius 2 is 1.90 bits per heavy atom. The summed E-state index contributed by atoms with van der Waals surface area (Å²) < 4.78 is 31.1. The Hall–Kier alpha value is -3.33. The zero-order valence-electron chi connectivity index (χ0n) is 17.1. The molecule has 0 saturated heterocycles. The smallest absolute Gasteiger partial charge is 0.253 e. The van der Waals surface area contributed by atoms with Crippen molar-refractivity contribution >= 4 is 33.2 Å². The van der Waals surface area contributed by atoms with Crippen molar-refractivity contribution in [3.8, 4) is 5.75 Å². The summed E-state index contributed by atoms with van der Waals surface area (Å²) >= 11 is 0. The lowest BCUT2D eigenvalue weighted by Gasteiger charge is -2.28. The van der Waals surface area contributed by atoms with Crippen LogP contribution in [0.1, 0.15) is 17.3 Å². The molecule has 9 heteroatoms. The number of hydrogen-bond acceptors (Lipinski definition) is 5. The molecule has 160 valence electrons. The van der Waals surface area contributed by atoms with Gasteiger partial charge in [0.15, 0.2) is 0 Å². The van der Waals surface area contributed by atoms with Crippen molar-refractivity contribution in [2.45, 2.75) is 13.0 Å². The molecule has 0 saturated carbocycles. The maximum atomic E-state index is 12.9. The van der Waals surface area contributed by atoms with Crippen molar-refractivity contribution in [1.29, 1.82) is 0 Å². The quantitative estimate of drug-likeness (QED) is 0.593. The maximum Gasteiger partial charge on any atom is 0.253 e. The van der Waals surface area contributed by atoms with E-state index in [9.17, 15) is 18.0 Å². The zero-order valence-corrected chi connectivity index (χ0v) is 17.9. The third-order valence-electron chi connectivity index (χ3n) is 4.23. The van der Waals surface area contributed by atoms with Gasteiger partial charge in [0.1, 0.15) is 11.8 Å². The molecule has 0 fully saturated rings. The lowest BCUT2D eigenvalue weighted by atomic mass is 10.1. The van der Waals surface area contributed by atoms with Crippen LogP contribution < -0.4 is 19.7 Å². The van der Waals surface area contributed by atoms with Gasteiger partial charge >= 0.3 is 0 Å². The highest BCUT2D eigenvalue weighted by Crippen LogP contribution is 2.26. The van der Waals surface area contributed by atoms with Crippen LogP contribution in [-0.4, -0.2) is 46.2 Å². The molecule has 0 aliphatic carbocycles. The second-order valence-corrected chi connectivity index (χ2v) is 8.33. The van der Waals surface area contributed by atoms with Gasteiger partial charge in [0, 0.05) is 12.6 Å². The Morgan fingerprint density at radius 3 is 2.53 bits per heavy atom. The monoisotopic (exact) mass is 431 g/mol. The van der Waals surface area contributed by atoms with Crippen molar-refractivity contribution in [3.63, 3.8) is 0 Å². The summed E-state index contributed by atoms with van der Waals surface area (Å²) in [5.41, 5.74) is 0.818. The molecule has 8 nitrogen and oxygen atoms in total. The first-order valence-corrected chi connectivity index (χ1v) is 11.0. The number of ether oxygens (including phenoxy) is 1. The second kappa shape index (κ2) is 9.93. The summed E-state index contributed by atoms with van der Waals surface area (Å²) in [7, 11) is -2.32. The van der Waals surface area contributed by atoms with E-state index in [4.69, 9.17) is 4.74 Å². The van der Waals surface area contributed by atoms with Crippen molar-refractivity contribution in [1.82, 2.24) is 5.32 Å². The van der Waals surface area contributed by atoms with E-state index < -0.39 is 22.0 Å². The van der Waals surface area contributed by atoms with Gasteiger partial charge in [-0.3, -0.25) is 13.9 Å². The summed E-state index contributed by atoms with van der Waals surface area (Å²) in [5, 5.41) is 5.30. The van der Waals surface area contributed by atoms with E-state index in [2.05, 4.69) is 17.2 Å². The predicted octanol–water partition coefficient (Wildman–Crippen LogP) is 2.40. The Labute approximate surface area is 176 Å². The Kier molecular flexibility index (Phi) is 7.60. The third-order valence-corrected chi connectivity index (χ3v) is 5.47. The molecule has 0 heterocycles. The summed E-state index contributed by atoms with van der Waals surface area (Å²) in [6, 6.07) is 11.8. The molecule has 0 aliphatic heterocycles. The number of rotatable bonds is 9. The number of nitrogens with one attached hydrogen (secondary N) is 2. The Bertz CT molecular complexity index is 1040. The van der Waals surface area contributed by atoms with Gasteiger partial charge in [-0.05, 0) is 31.2 Å². The minimum absolute atomic E-state index is 0.257. The van der Waals surface area contributed by atoms with Gasteiger partial charge in [-0.2, -0.15) is 0 Å². The van der Waals surface area contributed by atoms with Crippen LogP contribution in [0.5, 0.6) is 5.75 Å². The Balaban J connectivity index is 2.33. The van der Waals surface area contributed by atoms with Crippen LogP contribution in [0.25, 0.3) is 0 Å². The molecule has 2 N–H and O–H groups in total. The molecule has 30 heavy (non-hydrogen) atoms. The molecule has 2 aromatic carbocycles. The number of benzene rings is 2. The van der Waals surface area contributed by atoms with Crippen LogP contribution in [-0.2, 0) is 14.8 Å². The van der Waals surface area contributed by atoms with Gasteiger partial charge in [0.2, 0.25) is 15.9 Å². The molecule has 0 bridgehead atoms. The molecule has 0 aliphatic rings. The number of anilines is 2. The molecular weight excluding hydrogens is 406 g/mol. The molecule has 0 aromatic heterocycles. The highest BCUT2D eigenvalue weighted by molar-refractivity contribution is 7.92. The van der Waals surface area contributed by atoms with Crippen LogP contribution >= 0.6 is 0 Å². The van der Waals surface area contributed by atoms with Crippen molar-refractivity contribution in [2.75, 3.05) is 29.5 Å². The first-order valence-electron chi connectivity index (χ1n) is 9.11. The van der Waals surface area contributed by atoms with Crippen LogP contribution in [0.2, 0.25) is 0 Å². The molecular formula is C21H25N3O5S. The van der Waals surface area contributed by atoms with Gasteiger partial charge < -0.3 is 15.4 Å². The molecule has 1 atom stereocenters. The van der Waals surface area contributed by atoms with Crippen LogP contribution in [0.4, 0.5) is 11.4 Å². The molecule has 2 rings (SSSR count). The van der Waals surface area contributed by atoms with Gasteiger partial charge in [0.25, 0.3) is 5.91 Å². The highest BCUT2D eigenvalue weighted by atomic mass is 32.2. The van der Waals surface area contributed by atoms with Crippen LogP contribution in [0.3, 0.4) is 0 Å². The number of amides is 2. The summed E-state index contributed by atoms with van der Waals surface area (Å²) in [6.07, 6.45) is 2.56. The largest absolute Gasteiger partial charge is 0.497 e. The fourth-order valence-corrected chi connectivity index (χ4v) is 4.01. The van der Waals surface area contributed by atoms with E-state index >= 15 is 0 Å². The van der Waals surface area contributed by atoms with Gasteiger partial charge in [-0.25, -0.2) is 8.42 Å². The number of para-hydroxylation sites is 1. The van der Waals surface area contributed by atoms with E-state index in [1.54, 1.807) is 48.5 Å². The topological polar surface area (TPSA) is 105 Å². The van der Waals surface area contributed by atoms with Crippen LogP contribution in [0, 0.1) is 0 Å². The number of carbonyl (C=O) groups excluding carboxylic acids is 2. The predicted molar refractivity (Wildman–Crippen MR) is 117 cm³/mol. The molecule has 2 aromatic rings. The molecule has 0 radical (unpaired) electrons. The number of hydrogen-bond donors (Lipinski definition) is 2. The van der Waals surface area contributed by atoms with E-state index in [-0.39, 0.29) is 29.4 Å². The van der Waals surface area contributed by atoms with E-state index in [0.717, 1.165) is 10.6 Å². The maximum absolute atomic E-state index is 12.9. The fraction of sp³-hybridized carbons (Fsp3) is 0.238. The number of nitrogens with zero attached hydrogens (tertiary/aromatic N) is 1. The van der Waals surface area contributed by atoms with Gasteiger partial charge in [-0.15, -0.1) is 6.58 Å². The Morgan fingerprint density at radius 1 is 1.20 bits per heavy atom. The SMILES string of the molecule is C=CCNC(=O)c1ccccc1NC(=O)[C@H](C)N(c1cccc(OC)c1)S(C)(=O)=O. The number of carbonyl (C=O) groups is 2. The lowest BCUT2D eigenvalue weighted by Crippen LogP contribution is -2.45. The standard InChI is InChI=1S/C21H25N3O5S/c1-5-13-22-21(26)18-11-6-7-12-19(18)23-20(25)15(2)24(30(4,27)28)16-9-8-10-17(14-16)29-3/h5-12,14-15H,1,13H2,2-4H3,(H,22,26)(H,23,25)/t15-/m0/s1. The minimum atomic E-state index is -3.79. The van der Waals surface area contributed by atoms with Crippen molar-refractivity contribution in [3.05, 3.63) is 66.7 Å². The highest BCUT2D eigenvalue weighted by Gasteiger charge is 2.30. The summed E-state index contributed by atoms with van der Waals surface area (Å²) in [5.74, 6) is -0.517. The van der Waals surface area contributed by atoms with E-state index in [1.807, 2.05) is 0 Å². The minimum Gasteiger partial charge on any atom is -0.497 e. The second-order valence-electron chi connectivity index (χ2n) is 6.47. The van der Waals surface area contributed by atoms with Crippen molar-refractivity contribution in [2.24, 2.45) is 0 Å². The van der Waals surface area contributed by atoms with Crippen LogP contribution in [0.15, 0.2) is 61.2 Å². The van der Waals surface area contributed by atoms with Gasteiger partial charge in [-0.1, -0.05) is 24.3 Å². The average molecular weight is 432 g/mol. The van der Waals surface area contributed by atoms with Gasteiger partial charge in [0.05, 0.1) is 30.3 Å². The number of methoxy groups -OCH3 is 1. The summed E-state index contributed by atoms with van der Waals surface area (Å²) in [6.45, 7) is 5.29. The average Bonchev–Trinajstić information content (AvgIpc) is 2.71.